The van der Waals surface area contributed by atoms with Gasteiger partial charge in [-0.25, -0.2) is 0 Å². The molecule has 4 rings (SSSR count). The minimum atomic E-state index is -4.50. The van der Waals surface area contributed by atoms with Crippen LogP contribution in [-0.4, -0.2) is 41.9 Å². The van der Waals surface area contributed by atoms with E-state index in [1.807, 2.05) is 27.7 Å². The number of rotatable bonds is 7. The molecule has 44 heavy (non-hydrogen) atoms. The fourth-order valence-corrected chi connectivity index (χ4v) is 9.87. The topological polar surface area (TPSA) is 99.6 Å². The predicted molar refractivity (Wildman–Crippen MR) is 161 cm³/mol. The lowest BCUT2D eigenvalue weighted by Crippen LogP contribution is -2.62. The summed E-state index contributed by atoms with van der Waals surface area (Å²) < 4.78 is 45.6. The molecule has 0 spiro atoms. The van der Waals surface area contributed by atoms with Crippen molar-refractivity contribution in [3.05, 3.63) is 11.6 Å². The number of Topliss-reactive ketones (excluding diaryl/α,β-unsaturated/α-hetero) is 1. The van der Waals surface area contributed by atoms with Crippen LogP contribution in [0.4, 0.5) is 13.2 Å². The van der Waals surface area contributed by atoms with Gasteiger partial charge in [0.15, 0.2) is 11.6 Å². The first-order valence-corrected chi connectivity index (χ1v) is 16.1. The zero-order valence-electron chi connectivity index (χ0n) is 28.2. The fraction of sp³-hybridized carbons (Fsp3) is 0.829. The molecule has 9 heteroatoms. The van der Waals surface area contributed by atoms with Gasteiger partial charge in [0.1, 0.15) is 18.7 Å². The summed E-state index contributed by atoms with van der Waals surface area (Å²) in [6.45, 7) is 18.6. The maximum absolute atomic E-state index is 13.7. The molecule has 3 saturated carbocycles. The molecule has 0 aromatic rings. The van der Waals surface area contributed by atoms with Crippen LogP contribution in [0.5, 0.6) is 0 Å². The molecule has 1 amide bonds. The van der Waals surface area contributed by atoms with Gasteiger partial charge in [-0.2, -0.15) is 18.4 Å². The second-order valence-electron chi connectivity index (χ2n) is 16.9. The quantitative estimate of drug-likeness (QED) is 0.235. The lowest BCUT2D eigenvalue weighted by atomic mass is 9.40. The van der Waals surface area contributed by atoms with E-state index in [0.717, 1.165) is 18.4 Å². The number of nitriles is 1. The van der Waals surface area contributed by atoms with Crippen molar-refractivity contribution in [3.63, 3.8) is 0 Å². The number of alkyl halides is 3. The Labute approximate surface area is 260 Å². The maximum atomic E-state index is 13.7. The van der Waals surface area contributed by atoms with Crippen LogP contribution in [0.1, 0.15) is 114 Å². The molecule has 1 aliphatic heterocycles. The van der Waals surface area contributed by atoms with Crippen molar-refractivity contribution in [2.75, 3.05) is 6.54 Å². The molecular weight excluding hydrogens is 569 g/mol. The van der Waals surface area contributed by atoms with Gasteiger partial charge in [0.05, 0.1) is 5.41 Å². The van der Waals surface area contributed by atoms with Gasteiger partial charge in [-0.1, -0.05) is 67.9 Å². The molecule has 3 aliphatic carbocycles. The molecule has 4 aliphatic rings. The van der Waals surface area contributed by atoms with E-state index in [0.29, 0.717) is 32.1 Å². The summed E-state index contributed by atoms with van der Waals surface area (Å²) in [4.78, 5) is 40.1. The van der Waals surface area contributed by atoms with Crippen LogP contribution in [0.2, 0.25) is 0 Å². The van der Waals surface area contributed by atoms with Gasteiger partial charge in [0.25, 0.3) is 0 Å². The number of nitrogens with zero attached hydrogens (tertiary/aromatic N) is 1. The number of fused-ring (bicyclic) bond motifs is 3. The molecule has 0 aromatic carbocycles. The summed E-state index contributed by atoms with van der Waals surface area (Å²) in [6, 6.07) is 2.17. The van der Waals surface area contributed by atoms with Crippen LogP contribution in [-0.2, 0) is 19.1 Å². The lowest BCUT2D eigenvalue weighted by Gasteiger charge is -2.62. The van der Waals surface area contributed by atoms with Crippen molar-refractivity contribution in [3.8, 4) is 6.07 Å². The number of halogens is 3. The third-order valence-electron chi connectivity index (χ3n) is 12.9. The summed E-state index contributed by atoms with van der Waals surface area (Å²) in [5, 5.41) is 12.4. The number of hydrogen-bond acceptors (Lipinski definition) is 5. The molecule has 1 heterocycles. The Morgan fingerprint density at radius 2 is 1.70 bits per heavy atom. The highest BCUT2D eigenvalue weighted by molar-refractivity contribution is 6.00. The molecule has 0 radical (unpaired) electrons. The third kappa shape index (κ3) is 5.15. The summed E-state index contributed by atoms with van der Waals surface area (Å²) >= 11 is 0. The first-order chi connectivity index (χ1) is 19.9. The van der Waals surface area contributed by atoms with Gasteiger partial charge in [-0.05, 0) is 86.0 Å². The Bertz CT molecular complexity index is 1310. The van der Waals surface area contributed by atoms with E-state index >= 15 is 0 Å². The summed E-state index contributed by atoms with van der Waals surface area (Å²) in [5.41, 5.74) is -4.29. The van der Waals surface area contributed by atoms with Crippen LogP contribution < -0.4 is 5.32 Å². The van der Waals surface area contributed by atoms with Crippen LogP contribution in [0.25, 0.3) is 0 Å². The molecule has 1 N–H and O–H groups in total. The predicted octanol–water partition coefficient (Wildman–Crippen LogP) is 7.51. The largest absolute Gasteiger partial charge is 0.405 e. The van der Waals surface area contributed by atoms with E-state index in [-0.39, 0.29) is 28.8 Å². The number of carbonyl (C=O) groups is 3. The number of ketones is 2. The van der Waals surface area contributed by atoms with Gasteiger partial charge >= 0.3 is 6.18 Å². The van der Waals surface area contributed by atoms with Gasteiger partial charge in [-0.15, -0.1) is 0 Å². The first kappa shape index (κ1) is 34.7. The average Bonchev–Trinajstić information content (AvgIpc) is 3.64. The van der Waals surface area contributed by atoms with E-state index in [1.54, 1.807) is 6.08 Å². The molecule has 1 unspecified atom stereocenters. The lowest BCUT2D eigenvalue weighted by molar-refractivity contribution is -0.151. The van der Waals surface area contributed by atoms with Crippen LogP contribution in [0.15, 0.2) is 11.6 Å². The highest BCUT2D eigenvalue weighted by Gasteiger charge is 2.81. The van der Waals surface area contributed by atoms with Crippen LogP contribution in [0.3, 0.4) is 0 Å². The van der Waals surface area contributed by atoms with Gasteiger partial charge < -0.3 is 10.1 Å². The molecule has 1 saturated heterocycles. The molecule has 4 fully saturated rings. The number of amides is 1. The van der Waals surface area contributed by atoms with E-state index in [4.69, 9.17) is 4.74 Å². The van der Waals surface area contributed by atoms with Crippen molar-refractivity contribution in [2.24, 2.45) is 44.3 Å². The van der Waals surface area contributed by atoms with Crippen molar-refractivity contribution in [1.29, 1.82) is 5.26 Å². The average molecular weight is 621 g/mol. The second-order valence-corrected chi connectivity index (χ2v) is 16.9. The smallest absolute Gasteiger partial charge is 0.346 e. The van der Waals surface area contributed by atoms with E-state index < -0.39 is 57.4 Å². The fourth-order valence-electron chi connectivity index (χ4n) is 9.87. The summed E-state index contributed by atoms with van der Waals surface area (Å²) in [6.07, 6.45) is 0.820. The zero-order chi connectivity index (χ0) is 33.5. The van der Waals surface area contributed by atoms with Gasteiger partial charge in [-0.3, -0.25) is 14.4 Å². The standard InChI is InChI=1S/C35H51F3N2O4/c1-21-18-28(3,4)13-15-33(21,27(43)40-20-35(36,37)38)16-14-29(5,6)31(9)12-11-23-30(7,8)25(42)34(19-39)26(44-34)32(23,10)24(31)17-22(2)41/h17,21,23,26H,11-16,18,20H2,1-10H3,(H,40,43)/b24-17+/t21?,23-,26+,31+,32-,33-,34-/m0/s1. The van der Waals surface area contributed by atoms with Crippen molar-refractivity contribution < 1.29 is 32.3 Å². The van der Waals surface area contributed by atoms with Crippen LogP contribution >= 0.6 is 0 Å². The van der Waals surface area contributed by atoms with Crippen molar-refractivity contribution in [2.45, 2.75) is 132 Å². The zero-order valence-corrected chi connectivity index (χ0v) is 28.2. The first-order valence-electron chi connectivity index (χ1n) is 16.1. The molecule has 0 aromatic heterocycles. The monoisotopic (exact) mass is 620 g/mol. The van der Waals surface area contributed by atoms with E-state index in [2.05, 4.69) is 46.0 Å². The number of epoxide rings is 1. The Morgan fingerprint density at radius 3 is 2.23 bits per heavy atom. The number of nitrogens with one attached hydrogen (secondary N) is 1. The molecule has 246 valence electrons. The number of carbonyl (C=O) groups excluding carboxylic acids is 3. The maximum Gasteiger partial charge on any atom is 0.405 e. The molecule has 7 atom stereocenters. The van der Waals surface area contributed by atoms with Crippen molar-refractivity contribution in [1.82, 2.24) is 5.32 Å². The molecule has 0 bridgehead atoms. The highest BCUT2D eigenvalue weighted by Crippen LogP contribution is 2.73. The number of allylic oxidation sites excluding steroid dienone is 1. The Balaban J connectivity index is 1.73. The second kappa shape index (κ2) is 10.4. The minimum Gasteiger partial charge on any atom is -0.346 e. The minimum absolute atomic E-state index is 0.0121. The van der Waals surface area contributed by atoms with Crippen molar-refractivity contribution >= 4 is 17.5 Å². The van der Waals surface area contributed by atoms with Crippen LogP contribution in [0, 0.1) is 55.7 Å². The Morgan fingerprint density at radius 1 is 1.09 bits per heavy atom. The Hall–Kier alpha value is -2.21. The SMILES string of the molecule is CC(=O)/C=C1/[C@@]2(C)[C@H]3O[C@@]3(C#N)C(=O)C(C)(C)[C@@H]2CC[C@@]1(C)C(C)(C)CC[C@@]1(C(=O)NCC(F)(F)F)CCC(C)(C)CC1C. The molecule has 6 nitrogen and oxygen atoms in total. The van der Waals surface area contributed by atoms with E-state index in [9.17, 15) is 32.8 Å². The summed E-state index contributed by atoms with van der Waals surface area (Å²) in [5.74, 6) is -1.14. The normalized spacial score (nSPS) is 40.4. The third-order valence-corrected chi connectivity index (χ3v) is 12.9. The summed E-state index contributed by atoms with van der Waals surface area (Å²) in [7, 11) is 0. The molecular formula is C35H51F3N2O4. The Kier molecular flexibility index (Phi) is 8.19. The number of hydrogen-bond donors (Lipinski definition) is 1. The van der Waals surface area contributed by atoms with Gasteiger partial charge in [0, 0.05) is 10.8 Å². The number of ether oxygens (including phenoxy) is 1. The highest BCUT2D eigenvalue weighted by atomic mass is 19.4. The van der Waals surface area contributed by atoms with Gasteiger partial charge in [0.2, 0.25) is 11.5 Å². The van der Waals surface area contributed by atoms with E-state index in [1.165, 1.54) is 6.92 Å².